The van der Waals surface area contributed by atoms with Gasteiger partial charge in [-0.15, -0.1) is 0 Å². The molecule has 3 amide bonds. The van der Waals surface area contributed by atoms with Crippen LogP contribution in [0.3, 0.4) is 0 Å². The maximum atomic E-state index is 12.5. The van der Waals surface area contributed by atoms with Crippen molar-refractivity contribution in [3.05, 3.63) is 34.9 Å². The molecule has 3 rings (SSSR count). The van der Waals surface area contributed by atoms with Gasteiger partial charge in [0.1, 0.15) is 0 Å². The lowest BCUT2D eigenvalue weighted by molar-refractivity contribution is -0.129. The van der Waals surface area contributed by atoms with Crippen LogP contribution in [-0.4, -0.2) is 78.7 Å². The lowest BCUT2D eigenvalue weighted by atomic mass is 10.1. The van der Waals surface area contributed by atoms with E-state index in [9.17, 15) is 22.8 Å². The van der Waals surface area contributed by atoms with Crippen LogP contribution in [0.1, 0.15) is 33.2 Å². The average Bonchev–Trinajstić information content (AvgIpc) is 2.83. The molecule has 0 aliphatic carbocycles. The van der Waals surface area contributed by atoms with Gasteiger partial charge < -0.3 is 4.90 Å². The number of hydrogen-bond donors (Lipinski definition) is 0. The summed E-state index contributed by atoms with van der Waals surface area (Å²) in [5.74, 6) is -1.31. The van der Waals surface area contributed by atoms with Crippen LogP contribution in [-0.2, 0) is 14.8 Å². The summed E-state index contributed by atoms with van der Waals surface area (Å²) in [5, 5.41) is 0. The Morgan fingerprint density at radius 3 is 2.27 bits per heavy atom. The highest BCUT2D eigenvalue weighted by atomic mass is 32.2. The Balaban J connectivity index is 1.65. The van der Waals surface area contributed by atoms with Gasteiger partial charge in [0.2, 0.25) is 15.9 Å². The molecule has 1 aromatic carbocycles. The summed E-state index contributed by atoms with van der Waals surface area (Å²) in [6.45, 7) is 4.24. The van der Waals surface area contributed by atoms with Crippen molar-refractivity contribution in [2.24, 2.45) is 0 Å². The van der Waals surface area contributed by atoms with E-state index in [0.717, 1.165) is 10.5 Å². The minimum Gasteiger partial charge on any atom is -0.340 e. The third-order valence-corrected chi connectivity index (χ3v) is 6.63. The molecule has 0 spiro atoms. The average molecular weight is 379 g/mol. The van der Waals surface area contributed by atoms with Crippen LogP contribution in [0.15, 0.2) is 18.2 Å². The van der Waals surface area contributed by atoms with E-state index in [1.54, 1.807) is 23.1 Å². The molecule has 1 fully saturated rings. The molecule has 0 atom stereocenters. The van der Waals surface area contributed by atoms with E-state index < -0.39 is 21.8 Å². The lowest BCUT2D eigenvalue weighted by Gasteiger charge is -2.33. The van der Waals surface area contributed by atoms with Gasteiger partial charge in [0.15, 0.2) is 0 Å². The molecule has 0 radical (unpaired) electrons. The first kappa shape index (κ1) is 18.5. The third kappa shape index (κ3) is 3.36. The highest BCUT2D eigenvalue weighted by molar-refractivity contribution is 7.89. The van der Waals surface area contributed by atoms with Gasteiger partial charge in [0.25, 0.3) is 11.8 Å². The summed E-state index contributed by atoms with van der Waals surface area (Å²) in [6, 6.07) is 4.99. The van der Waals surface area contributed by atoms with E-state index in [0.29, 0.717) is 24.2 Å². The molecule has 2 heterocycles. The summed E-state index contributed by atoms with van der Waals surface area (Å²) in [5.41, 5.74) is 1.50. The minimum absolute atomic E-state index is 0.0802. The second-order valence-corrected chi connectivity index (χ2v) is 8.62. The number of nitrogens with zero attached hydrogens (tertiary/aromatic N) is 3. The van der Waals surface area contributed by atoms with Gasteiger partial charge in [-0.3, -0.25) is 19.3 Å². The maximum absolute atomic E-state index is 12.5. The Bertz CT molecular complexity index is 872. The van der Waals surface area contributed by atoms with Crippen LogP contribution >= 0.6 is 0 Å². The second-order valence-electron chi connectivity index (χ2n) is 6.53. The molecular formula is C17H21N3O5S. The number of amides is 3. The summed E-state index contributed by atoms with van der Waals surface area (Å²) >= 11 is 0. The number of rotatable bonds is 4. The van der Waals surface area contributed by atoms with Crippen LogP contribution in [0.4, 0.5) is 0 Å². The quantitative estimate of drug-likeness (QED) is 0.691. The zero-order chi connectivity index (χ0) is 19.1. The van der Waals surface area contributed by atoms with Crippen LogP contribution in [0.25, 0.3) is 0 Å². The van der Waals surface area contributed by atoms with Crippen molar-refractivity contribution in [3.63, 3.8) is 0 Å². The number of imide groups is 1. The van der Waals surface area contributed by atoms with E-state index in [4.69, 9.17) is 0 Å². The molecule has 0 aromatic heterocycles. The number of sulfonamides is 1. The zero-order valence-corrected chi connectivity index (χ0v) is 15.6. The SMILES string of the molecule is CC(=O)N1CCN(S(=O)(=O)CCN2C(=O)c3ccc(C)cc3C2=O)CC1. The standard InChI is InChI=1S/C17H21N3O5S/c1-12-3-4-14-15(11-12)17(23)20(16(14)22)9-10-26(24,25)19-7-5-18(6-8-19)13(2)21/h3-4,11H,5-10H2,1-2H3. The number of aryl methyl sites for hydroxylation is 1. The first-order chi connectivity index (χ1) is 12.2. The Labute approximate surface area is 152 Å². The van der Waals surface area contributed by atoms with Crippen LogP contribution in [0.5, 0.6) is 0 Å². The van der Waals surface area contributed by atoms with Gasteiger partial charge >= 0.3 is 0 Å². The lowest BCUT2D eigenvalue weighted by Crippen LogP contribution is -2.51. The smallest absolute Gasteiger partial charge is 0.261 e. The van der Waals surface area contributed by atoms with Crippen molar-refractivity contribution in [1.29, 1.82) is 0 Å². The third-order valence-electron chi connectivity index (χ3n) is 4.78. The zero-order valence-electron chi connectivity index (χ0n) is 14.8. The normalized spacial score (nSPS) is 18.4. The number of benzene rings is 1. The molecule has 0 bridgehead atoms. The monoisotopic (exact) mass is 379 g/mol. The molecule has 1 saturated heterocycles. The van der Waals surface area contributed by atoms with Gasteiger partial charge in [0.05, 0.1) is 16.9 Å². The highest BCUT2D eigenvalue weighted by Gasteiger charge is 2.37. The van der Waals surface area contributed by atoms with E-state index in [2.05, 4.69) is 0 Å². The van der Waals surface area contributed by atoms with Crippen LogP contribution in [0, 0.1) is 6.92 Å². The summed E-state index contributed by atoms with van der Waals surface area (Å²) < 4.78 is 26.4. The van der Waals surface area contributed by atoms with Crippen molar-refractivity contribution in [1.82, 2.24) is 14.1 Å². The molecular weight excluding hydrogens is 358 g/mol. The fourth-order valence-corrected chi connectivity index (χ4v) is 4.62. The van der Waals surface area contributed by atoms with E-state index >= 15 is 0 Å². The fourth-order valence-electron chi connectivity index (χ4n) is 3.22. The molecule has 26 heavy (non-hydrogen) atoms. The molecule has 9 heteroatoms. The fraction of sp³-hybridized carbons (Fsp3) is 0.471. The molecule has 2 aliphatic heterocycles. The Hall–Kier alpha value is -2.26. The molecule has 8 nitrogen and oxygen atoms in total. The maximum Gasteiger partial charge on any atom is 0.261 e. The second kappa shape index (κ2) is 6.81. The first-order valence-electron chi connectivity index (χ1n) is 8.41. The molecule has 0 N–H and O–H groups in total. The van der Waals surface area contributed by atoms with Crippen molar-refractivity contribution in [2.75, 3.05) is 38.5 Å². The van der Waals surface area contributed by atoms with Gasteiger partial charge in [-0.2, -0.15) is 4.31 Å². The molecule has 0 saturated carbocycles. The number of piperazine rings is 1. The highest BCUT2D eigenvalue weighted by Crippen LogP contribution is 2.24. The van der Waals surface area contributed by atoms with Crippen molar-refractivity contribution >= 4 is 27.7 Å². The number of hydrogen-bond acceptors (Lipinski definition) is 5. The van der Waals surface area contributed by atoms with Gasteiger partial charge in [-0.1, -0.05) is 11.6 Å². The predicted molar refractivity (Wildman–Crippen MR) is 94.2 cm³/mol. The first-order valence-corrected chi connectivity index (χ1v) is 10.0. The molecule has 0 unspecified atom stereocenters. The van der Waals surface area contributed by atoms with Crippen molar-refractivity contribution < 1.29 is 22.8 Å². The van der Waals surface area contributed by atoms with Crippen molar-refractivity contribution in [3.8, 4) is 0 Å². The number of carbonyl (C=O) groups is 3. The van der Waals surface area contributed by atoms with Crippen LogP contribution < -0.4 is 0 Å². The van der Waals surface area contributed by atoms with Crippen LogP contribution in [0.2, 0.25) is 0 Å². The number of carbonyl (C=O) groups excluding carboxylic acids is 3. The van der Waals surface area contributed by atoms with E-state index in [1.807, 2.05) is 6.92 Å². The largest absolute Gasteiger partial charge is 0.340 e. The summed E-state index contributed by atoms with van der Waals surface area (Å²) in [6.07, 6.45) is 0. The van der Waals surface area contributed by atoms with Crippen molar-refractivity contribution in [2.45, 2.75) is 13.8 Å². The van der Waals surface area contributed by atoms with Gasteiger partial charge in [0, 0.05) is 39.6 Å². The molecule has 2 aliphatic rings. The summed E-state index contributed by atoms with van der Waals surface area (Å²) in [7, 11) is -3.61. The topological polar surface area (TPSA) is 95.1 Å². The van der Waals surface area contributed by atoms with Gasteiger partial charge in [-0.25, -0.2) is 8.42 Å². The predicted octanol–water partition coefficient (Wildman–Crippen LogP) is 0.0849. The Morgan fingerprint density at radius 1 is 1.04 bits per heavy atom. The van der Waals surface area contributed by atoms with E-state index in [-0.39, 0.29) is 31.3 Å². The Morgan fingerprint density at radius 2 is 1.65 bits per heavy atom. The summed E-state index contributed by atoms with van der Waals surface area (Å²) in [4.78, 5) is 38.7. The molecule has 1 aromatic rings. The van der Waals surface area contributed by atoms with Gasteiger partial charge in [-0.05, 0) is 19.1 Å². The number of fused-ring (bicyclic) bond motifs is 1. The minimum atomic E-state index is -3.61. The Kier molecular flexibility index (Phi) is 4.85. The molecule has 140 valence electrons. The van der Waals surface area contributed by atoms with E-state index in [1.165, 1.54) is 11.2 Å².